The summed E-state index contributed by atoms with van der Waals surface area (Å²) in [6, 6.07) is 11.2. The van der Waals surface area contributed by atoms with Gasteiger partial charge in [0, 0.05) is 27.4 Å². The molecule has 0 unspecified atom stereocenters. The largest absolute Gasteiger partial charge is 0.496 e. The molecule has 0 bridgehead atoms. The highest BCUT2D eigenvalue weighted by Crippen LogP contribution is 2.47. The molecule has 0 atom stereocenters. The summed E-state index contributed by atoms with van der Waals surface area (Å²) in [5, 5.41) is 0. The number of halogens is 3. The number of methoxy groups -OCH3 is 1. The number of benzene rings is 2. The number of nitrogens with one attached hydrogen (secondary N) is 1. The first-order chi connectivity index (χ1) is 18.2. The van der Waals surface area contributed by atoms with E-state index in [1.54, 1.807) is 13.2 Å². The van der Waals surface area contributed by atoms with Crippen LogP contribution in [0.4, 0.5) is 13.2 Å². The van der Waals surface area contributed by atoms with Crippen LogP contribution in [-0.4, -0.2) is 22.9 Å². The lowest BCUT2D eigenvalue weighted by Crippen LogP contribution is -2.37. The number of nitrogens with zero attached hydrogens (tertiary/aromatic N) is 2. The Labute approximate surface area is 233 Å². The first-order valence-electron chi connectivity index (χ1n) is 12.4. The molecule has 0 fully saturated rings. The Bertz CT molecular complexity index is 1550. The van der Waals surface area contributed by atoms with Gasteiger partial charge >= 0.3 is 12.1 Å². The highest BCUT2D eigenvalue weighted by atomic mass is 33.1. The number of rotatable bonds is 6. The molecule has 0 saturated heterocycles. The Balaban J connectivity index is 1.50. The van der Waals surface area contributed by atoms with Crippen molar-refractivity contribution in [3.8, 4) is 11.7 Å². The zero-order chi connectivity index (χ0) is 28.3. The lowest BCUT2D eigenvalue weighted by molar-refractivity contribution is -0.610. The monoisotopic (exact) mass is 572 g/mol. The van der Waals surface area contributed by atoms with Crippen LogP contribution in [-0.2, 0) is 27.6 Å². The Morgan fingerprint density at radius 2 is 1.74 bits per heavy atom. The number of aromatic amines is 1. The number of H-pyrrole nitrogens is 1. The van der Waals surface area contributed by atoms with E-state index in [9.17, 15) is 18.0 Å². The molecule has 2 heterocycles. The molecule has 0 spiro atoms. The molecule has 39 heavy (non-hydrogen) atoms. The van der Waals surface area contributed by atoms with Crippen molar-refractivity contribution in [1.29, 1.82) is 0 Å². The number of hydrogen-bond acceptors (Lipinski definition) is 5. The molecule has 0 amide bonds. The van der Waals surface area contributed by atoms with Gasteiger partial charge in [-0.25, -0.2) is 9.55 Å². The first-order valence-corrected chi connectivity index (χ1v) is 14.7. The van der Waals surface area contributed by atoms with Crippen molar-refractivity contribution < 1.29 is 27.3 Å². The molecular formula is C29H29F3N3O2S2+. The Kier molecular flexibility index (Phi) is 6.78. The van der Waals surface area contributed by atoms with Gasteiger partial charge in [-0.05, 0) is 76.1 Å². The van der Waals surface area contributed by atoms with Gasteiger partial charge in [0.25, 0.3) is 0 Å². The summed E-state index contributed by atoms with van der Waals surface area (Å²) in [5.74, 6) is 2.01. The van der Waals surface area contributed by atoms with Crippen LogP contribution >= 0.6 is 21.6 Å². The number of pyridine rings is 1. The van der Waals surface area contributed by atoms with Gasteiger partial charge in [0.1, 0.15) is 17.0 Å². The molecule has 4 aromatic rings. The zero-order valence-electron chi connectivity index (χ0n) is 22.5. The van der Waals surface area contributed by atoms with E-state index >= 15 is 0 Å². The quantitative estimate of drug-likeness (QED) is 0.195. The molecule has 1 aliphatic carbocycles. The number of imidazole rings is 1. The Morgan fingerprint density at radius 3 is 2.41 bits per heavy atom. The average Bonchev–Trinajstić information content (AvgIpc) is 3.35. The van der Waals surface area contributed by atoms with Crippen LogP contribution < -0.4 is 9.30 Å². The number of carbonyl (C=O) groups is 1. The van der Waals surface area contributed by atoms with Gasteiger partial charge in [-0.15, -0.1) is 0 Å². The fraction of sp³-hybridized carbons (Fsp3) is 0.345. The molecule has 1 N–H and O–H groups in total. The second-order valence-corrected chi connectivity index (χ2v) is 13.1. The fourth-order valence-corrected chi connectivity index (χ4v) is 7.57. The van der Waals surface area contributed by atoms with Gasteiger partial charge in [0.15, 0.2) is 11.3 Å². The molecule has 0 radical (unpaired) electrons. The Morgan fingerprint density at radius 1 is 1.05 bits per heavy atom. The second kappa shape index (κ2) is 9.59. The third-order valence-electron chi connectivity index (χ3n) is 7.52. The van der Waals surface area contributed by atoms with Crippen molar-refractivity contribution in [2.24, 2.45) is 0 Å². The molecular weight excluding hydrogens is 543 g/mol. The average molecular weight is 573 g/mol. The summed E-state index contributed by atoms with van der Waals surface area (Å²) < 4.78 is 46.9. The lowest BCUT2D eigenvalue weighted by Gasteiger charge is -2.21. The Hall–Kier alpha value is -2.98. The van der Waals surface area contributed by atoms with Gasteiger partial charge in [-0.1, -0.05) is 32.6 Å². The van der Waals surface area contributed by atoms with E-state index in [2.05, 4.69) is 4.98 Å². The van der Waals surface area contributed by atoms with Gasteiger partial charge < -0.3 is 4.74 Å². The van der Waals surface area contributed by atoms with Crippen molar-refractivity contribution in [3.05, 3.63) is 76.6 Å². The highest BCUT2D eigenvalue weighted by Gasteiger charge is 2.51. The summed E-state index contributed by atoms with van der Waals surface area (Å²) >= 11 is 0. The number of ketones is 1. The molecule has 2 aromatic carbocycles. The van der Waals surface area contributed by atoms with Crippen molar-refractivity contribution in [1.82, 2.24) is 9.97 Å². The van der Waals surface area contributed by atoms with Crippen LogP contribution in [0, 0.1) is 6.92 Å². The van der Waals surface area contributed by atoms with Crippen LogP contribution in [0.5, 0.6) is 5.75 Å². The van der Waals surface area contributed by atoms with Crippen molar-refractivity contribution in [2.45, 2.75) is 62.3 Å². The van der Waals surface area contributed by atoms with Crippen LogP contribution in [0.15, 0.2) is 53.6 Å². The maximum absolute atomic E-state index is 13.1. The summed E-state index contributed by atoms with van der Waals surface area (Å²) in [6.45, 7) is 9.80. The summed E-state index contributed by atoms with van der Waals surface area (Å²) in [6.07, 6.45) is -2.51. The minimum Gasteiger partial charge on any atom is -0.496 e. The lowest BCUT2D eigenvalue weighted by atomic mass is 9.80. The van der Waals surface area contributed by atoms with Crippen LogP contribution in [0.3, 0.4) is 0 Å². The number of ether oxygens (including phenoxy) is 1. The molecule has 10 heteroatoms. The van der Waals surface area contributed by atoms with Crippen LogP contribution in [0.1, 0.15) is 55.6 Å². The minimum absolute atomic E-state index is 0.190. The van der Waals surface area contributed by atoms with E-state index < -0.39 is 22.6 Å². The number of Topliss-reactive ketones (excluding diaryl/α,β-unsaturated/α-hetero) is 1. The molecule has 5 rings (SSSR count). The number of carbonyl (C=O) groups excluding carboxylic acids is 1. The number of fused-ring (bicyclic) bond motifs is 2. The number of hydrogen-bond donors (Lipinski definition) is 1. The molecule has 0 aliphatic heterocycles. The smallest absolute Gasteiger partial charge is 0.416 e. The first kappa shape index (κ1) is 27.6. The summed E-state index contributed by atoms with van der Waals surface area (Å²) in [5.41, 5.74) is 3.55. The normalized spacial score (nSPS) is 16.1. The van der Waals surface area contributed by atoms with E-state index in [0.717, 1.165) is 45.6 Å². The summed E-state index contributed by atoms with van der Waals surface area (Å²) in [7, 11) is 4.34. The van der Waals surface area contributed by atoms with Crippen molar-refractivity contribution in [2.75, 3.05) is 7.11 Å². The molecule has 5 nitrogen and oxygen atoms in total. The third-order valence-corrected chi connectivity index (χ3v) is 9.76. The van der Waals surface area contributed by atoms with E-state index in [0.29, 0.717) is 22.3 Å². The maximum atomic E-state index is 13.1. The molecule has 1 aliphatic rings. The SMILES string of the molecule is COc1cc[n+](-c2nc3cc4c(cc3[nH]2)C(C)(C)C(=O)C4(C)C)c(CSSc2cccc(C(F)(F)F)c2)c1C. The molecule has 204 valence electrons. The van der Waals surface area contributed by atoms with E-state index in [1.807, 2.05) is 63.6 Å². The summed E-state index contributed by atoms with van der Waals surface area (Å²) in [4.78, 5) is 21.9. The molecule has 2 aromatic heterocycles. The van der Waals surface area contributed by atoms with E-state index in [1.165, 1.54) is 27.7 Å². The van der Waals surface area contributed by atoms with Gasteiger partial charge in [-0.2, -0.15) is 13.2 Å². The highest BCUT2D eigenvalue weighted by molar-refractivity contribution is 8.76. The predicted octanol–water partition coefficient (Wildman–Crippen LogP) is 7.25. The maximum Gasteiger partial charge on any atom is 0.416 e. The van der Waals surface area contributed by atoms with E-state index in [4.69, 9.17) is 9.72 Å². The fourth-order valence-electron chi connectivity index (χ4n) is 5.37. The minimum atomic E-state index is -4.38. The number of alkyl halides is 3. The van der Waals surface area contributed by atoms with Crippen molar-refractivity contribution >= 4 is 38.4 Å². The topological polar surface area (TPSA) is 58.9 Å². The zero-order valence-corrected chi connectivity index (χ0v) is 24.1. The van der Waals surface area contributed by atoms with Gasteiger partial charge in [-0.3, -0.25) is 4.79 Å². The van der Waals surface area contributed by atoms with Gasteiger partial charge in [0.2, 0.25) is 0 Å². The van der Waals surface area contributed by atoms with Crippen LogP contribution in [0.25, 0.3) is 17.0 Å². The third kappa shape index (κ3) is 4.71. The standard InChI is InChI=1S/C29H29F3N3O2S2/c1-16-23(15-38-39-18-9-7-8-17(12-18)29(30,31)32)35(11-10-24(16)37-6)26-33-21-13-19-20(14-22(21)34-26)28(4,5)25(36)27(19,2)3/h7-14H,15H2,1-6H3,(H,33,34)/q+1. The predicted molar refractivity (Wildman–Crippen MR) is 149 cm³/mol. The van der Waals surface area contributed by atoms with E-state index in [-0.39, 0.29) is 5.78 Å². The second-order valence-electron chi connectivity index (χ2n) is 10.8. The van der Waals surface area contributed by atoms with Crippen molar-refractivity contribution in [3.63, 3.8) is 0 Å². The van der Waals surface area contributed by atoms with Gasteiger partial charge in [0.05, 0.1) is 24.6 Å². The van der Waals surface area contributed by atoms with Crippen LogP contribution in [0.2, 0.25) is 0 Å². The molecule has 0 saturated carbocycles. The number of aromatic nitrogens is 3.